The van der Waals surface area contributed by atoms with Crippen LogP contribution in [0.1, 0.15) is 53.3 Å². The van der Waals surface area contributed by atoms with Crippen LogP contribution in [0.4, 0.5) is 5.82 Å². The molecule has 9 nitrogen and oxygen atoms in total. The molecule has 33 heavy (non-hydrogen) atoms. The number of carbonyl (C=O) groups excluding carboxylic acids is 3. The third-order valence-electron chi connectivity index (χ3n) is 5.98. The van der Waals surface area contributed by atoms with E-state index >= 15 is 0 Å². The molecule has 1 aliphatic heterocycles. The number of nitrogens with zero attached hydrogens (tertiary/aromatic N) is 5. The average molecular weight is 452 g/mol. The predicted molar refractivity (Wildman–Crippen MR) is 123 cm³/mol. The Morgan fingerprint density at radius 2 is 1.82 bits per heavy atom. The lowest BCUT2D eigenvalue weighted by Gasteiger charge is -2.34. The van der Waals surface area contributed by atoms with Crippen molar-refractivity contribution in [1.82, 2.24) is 19.2 Å². The van der Waals surface area contributed by atoms with E-state index in [1.807, 2.05) is 17.4 Å². The summed E-state index contributed by atoms with van der Waals surface area (Å²) >= 11 is 0. The van der Waals surface area contributed by atoms with Crippen LogP contribution in [-0.2, 0) is 11.2 Å². The molecule has 3 amide bonds. The molecule has 0 radical (unpaired) electrons. The Hall–Kier alpha value is -3.62. The Bertz CT molecular complexity index is 1130. The Balaban J connectivity index is 1.53. The van der Waals surface area contributed by atoms with Gasteiger partial charge in [0, 0.05) is 38.9 Å². The summed E-state index contributed by atoms with van der Waals surface area (Å²) in [6.45, 7) is 6.46. The number of aromatic nitrogens is 2. The van der Waals surface area contributed by atoms with Crippen molar-refractivity contribution in [3.8, 4) is 0 Å². The van der Waals surface area contributed by atoms with Gasteiger partial charge in [-0.3, -0.25) is 23.7 Å². The number of anilines is 1. The molecule has 1 fully saturated rings. The van der Waals surface area contributed by atoms with Crippen LogP contribution in [0.3, 0.4) is 0 Å². The van der Waals surface area contributed by atoms with Gasteiger partial charge in [-0.15, -0.1) is 0 Å². The van der Waals surface area contributed by atoms with Crippen molar-refractivity contribution >= 4 is 29.7 Å². The Morgan fingerprint density at radius 3 is 2.42 bits per heavy atom. The Morgan fingerprint density at radius 1 is 1.09 bits per heavy atom. The molecule has 0 saturated carbocycles. The molecule has 174 valence electrons. The molecule has 0 atom stereocenters. The van der Waals surface area contributed by atoms with Gasteiger partial charge in [0.25, 0.3) is 11.8 Å². The van der Waals surface area contributed by atoms with E-state index in [0.717, 1.165) is 30.8 Å². The van der Waals surface area contributed by atoms with Crippen LogP contribution < -0.4 is 4.90 Å². The molecule has 0 N–H and O–H groups in total. The molecule has 0 bridgehead atoms. The number of piperazine rings is 1. The first kappa shape index (κ1) is 22.6. The molecule has 1 saturated heterocycles. The van der Waals surface area contributed by atoms with Crippen LogP contribution in [0.15, 0.2) is 41.1 Å². The molecule has 3 aromatic rings. The first-order chi connectivity index (χ1) is 16.1. The first-order valence-corrected chi connectivity index (χ1v) is 11.4. The van der Waals surface area contributed by atoms with Crippen molar-refractivity contribution in [2.24, 2.45) is 0 Å². The van der Waals surface area contributed by atoms with E-state index in [1.165, 1.54) is 6.26 Å². The highest BCUT2D eigenvalue weighted by Gasteiger charge is 2.27. The van der Waals surface area contributed by atoms with E-state index in [2.05, 4.69) is 11.9 Å². The van der Waals surface area contributed by atoms with Gasteiger partial charge in [0.05, 0.1) is 17.5 Å². The zero-order valence-corrected chi connectivity index (χ0v) is 19.1. The fraction of sp³-hybridized carbons (Fsp3) is 0.417. The largest absolute Gasteiger partial charge is 0.459 e. The Kier molecular flexibility index (Phi) is 6.76. The van der Waals surface area contributed by atoms with Crippen molar-refractivity contribution in [3.63, 3.8) is 0 Å². The number of furan rings is 1. The van der Waals surface area contributed by atoms with Gasteiger partial charge in [0.2, 0.25) is 6.41 Å². The van der Waals surface area contributed by atoms with Crippen LogP contribution in [0, 0.1) is 0 Å². The molecule has 9 heteroatoms. The van der Waals surface area contributed by atoms with E-state index < -0.39 is 0 Å². The van der Waals surface area contributed by atoms with Gasteiger partial charge in [-0.1, -0.05) is 20.3 Å². The van der Waals surface area contributed by atoms with E-state index in [9.17, 15) is 14.4 Å². The molecule has 3 aromatic heterocycles. The number of fused-ring (bicyclic) bond motifs is 1. The van der Waals surface area contributed by atoms with Crippen molar-refractivity contribution in [2.45, 2.75) is 33.1 Å². The van der Waals surface area contributed by atoms with E-state index in [1.54, 1.807) is 39.1 Å². The van der Waals surface area contributed by atoms with Gasteiger partial charge in [0.1, 0.15) is 11.5 Å². The van der Waals surface area contributed by atoms with E-state index in [4.69, 9.17) is 4.42 Å². The van der Waals surface area contributed by atoms with Gasteiger partial charge < -0.3 is 14.2 Å². The number of hydrogen-bond donors (Lipinski definition) is 0. The number of aryl methyl sites for hydroxylation is 1. The van der Waals surface area contributed by atoms with Crippen LogP contribution in [0.2, 0.25) is 0 Å². The zero-order chi connectivity index (χ0) is 23.4. The monoisotopic (exact) mass is 451 g/mol. The second kappa shape index (κ2) is 9.89. The summed E-state index contributed by atoms with van der Waals surface area (Å²) in [5.74, 6) is 0.762. The quantitative estimate of drug-likeness (QED) is 0.491. The van der Waals surface area contributed by atoms with Crippen LogP contribution in [0.25, 0.3) is 5.65 Å². The number of amides is 3. The summed E-state index contributed by atoms with van der Waals surface area (Å²) in [7, 11) is 0. The number of hydrogen-bond acceptors (Lipinski definition) is 5. The van der Waals surface area contributed by atoms with Gasteiger partial charge >= 0.3 is 0 Å². The molecule has 0 aliphatic carbocycles. The summed E-state index contributed by atoms with van der Waals surface area (Å²) in [6, 6.07) is 6.91. The highest BCUT2D eigenvalue weighted by atomic mass is 16.3. The maximum Gasteiger partial charge on any atom is 0.289 e. The lowest BCUT2D eigenvalue weighted by Crippen LogP contribution is -2.50. The lowest BCUT2D eigenvalue weighted by molar-refractivity contribution is -0.107. The van der Waals surface area contributed by atoms with Crippen molar-refractivity contribution in [2.75, 3.05) is 37.6 Å². The second-order valence-corrected chi connectivity index (χ2v) is 8.10. The molecule has 4 heterocycles. The minimum Gasteiger partial charge on any atom is -0.459 e. The van der Waals surface area contributed by atoms with Crippen LogP contribution >= 0.6 is 0 Å². The molecule has 4 rings (SSSR count). The van der Waals surface area contributed by atoms with Crippen molar-refractivity contribution < 1.29 is 18.8 Å². The number of pyridine rings is 1. The van der Waals surface area contributed by atoms with Crippen molar-refractivity contribution in [3.05, 3.63) is 53.7 Å². The van der Waals surface area contributed by atoms with E-state index in [0.29, 0.717) is 56.1 Å². The summed E-state index contributed by atoms with van der Waals surface area (Å²) in [6.07, 6.45) is 6.62. The fourth-order valence-electron chi connectivity index (χ4n) is 4.14. The molecular weight excluding hydrogens is 422 g/mol. The minimum atomic E-state index is -0.162. The average Bonchev–Trinajstić information content (AvgIpc) is 3.52. The third-order valence-corrected chi connectivity index (χ3v) is 5.98. The summed E-state index contributed by atoms with van der Waals surface area (Å²) < 4.78 is 7.04. The second-order valence-electron chi connectivity index (χ2n) is 8.10. The molecule has 0 aromatic carbocycles. The summed E-state index contributed by atoms with van der Waals surface area (Å²) in [5.41, 5.74) is 2.06. The Labute approximate surface area is 192 Å². The first-order valence-electron chi connectivity index (χ1n) is 11.4. The summed E-state index contributed by atoms with van der Waals surface area (Å²) in [5, 5.41) is 0. The van der Waals surface area contributed by atoms with Crippen LogP contribution in [0.5, 0.6) is 0 Å². The third kappa shape index (κ3) is 4.48. The normalized spacial score (nSPS) is 14.0. The maximum absolute atomic E-state index is 13.2. The van der Waals surface area contributed by atoms with Gasteiger partial charge in [0.15, 0.2) is 5.76 Å². The number of unbranched alkanes of at least 4 members (excludes halogenated alkanes) is 1. The van der Waals surface area contributed by atoms with Gasteiger partial charge in [-0.2, -0.15) is 0 Å². The highest BCUT2D eigenvalue weighted by Crippen LogP contribution is 2.24. The van der Waals surface area contributed by atoms with Crippen molar-refractivity contribution in [1.29, 1.82) is 0 Å². The lowest BCUT2D eigenvalue weighted by atomic mass is 10.2. The predicted octanol–water partition coefficient (Wildman–Crippen LogP) is 2.85. The smallest absolute Gasteiger partial charge is 0.289 e. The van der Waals surface area contributed by atoms with E-state index in [-0.39, 0.29) is 11.8 Å². The van der Waals surface area contributed by atoms with Gasteiger partial charge in [-0.05, 0) is 37.1 Å². The number of carbonyl (C=O) groups is 3. The standard InChI is InChI=1S/C24H29N5O4/c1-3-5-10-28(17-30)22-19(4-2)25-21-9-8-18(16-29(21)22)23(31)26-11-13-27(14-12-26)24(32)20-7-6-15-33-20/h6-9,15-17H,3-5,10-14H2,1-2H3. The molecule has 0 unspecified atom stereocenters. The summed E-state index contributed by atoms with van der Waals surface area (Å²) in [4.78, 5) is 47.3. The molecule has 1 aliphatic rings. The minimum absolute atomic E-state index is 0.106. The maximum atomic E-state index is 13.2. The fourth-order valence-corrected chi connectivity index (χ4v) is 4.14. The molecule has 0 spiro atoms. The van der Waals surface area contributed by atoms with Crippen LogP contribution in [-0.4, -0.2) is 70.1 Å². The topological polar surface area (TPSA) is 91.4 Å². The molecular formula is C24H29N5O4. The highest BCUT2D eigenvalue weighted by molar-refractivity contribution is 5.95. The zero-order valence-electron chi connectivity index (χ0n) is 19.1. The number of imidazole rings is 1. The van der Waals surface area contributed by atoms with Gasteiger partial charge in [-0.25, -0.2) is 4.98 Å². The number of rotatable bonds is 8. The SMILES string of the molecule is CCCCN(C=O)c1c(CC)nc2ccc(C(=O)N3CCN(C(=O)c4ccco4)CC3)cn12.